The maximum absolute atomic E-state index is 5.60. The summed E-state index contributed by atoms with van der Waals surface area (Å²) < 4.78 is 27.4. The summed E-state index contributed by atoms with van der Waals surface area (Å²) >= 11 is 1.50. The van der Waals surface area contributed by atoms with E-state index in [0.717, 1.165) is 23.6 Å². The number of furan rings is 1. The first kappa shape index (κ1) is 20.9. The molecule has 10 heteroatoms. The second-order valence-electron chi connectivity index (χ2n) is 6.61. The van der Waals surface area contributed by atoms with E-state index in [1.807, 2.05) is 42.7 Å². The average molecular weight is 442 g/mol. The molecule has 3 heterocycles. The molecule has 4 rings (SSSR count). The van der Waals surface area contributed by atoms with Crippen LogP contribution in [-0.4, -0.2) is 39.7 Å². The van der Waals surface area contributed by atoms with Crippen LogP contribution in [0.1, 0.15) is 17.3 Å². The van der Waals surface area contributed by atoms with Gasteiger partial charge in [0.2, 0.25) is 11.8 Å². The van der Waals surface area contributed by atoms with Crippen molar-refractivity contribution in [2.24, 2.45) is 0 Å². The number of oxazole rings is 1. The molecule has 0 aliphatic rings. The van der Waals surface area contributed by atoms with Gasteiger partial charge in [-0.3, -0.25) is 9.29 Å². The first-order valence-corrected chi connectivity index (χ1v) is 10.6. The molecular formula is C21H23N5O4S. The Labute approximate surface area is 183 Å². The summed E-state index contributed by atoms with van der Waals surface area (Å²) in [4.78, 5) is 4.42. The van der Waals surface area contributed by atoms with Crippen LogP contribution >= 0.6 is 11.9 Å². The summed E-state index contributed by atoms with van der Waals surface area (Å²) in [6, 6.07) is 9.21. The van der Waals surface area contributed by atoms with Crippen LogP contribution in [0.4, 0.5) is 5.95 Å². The molecule has 1 N–H and O–H groups in total. The summed E-state index contributed by atoms with van der Waals surface area (Å²) in [6.07, 6.45) is 2.36. The molecule has 0 unspecified atom stereocenters. The highest BCUT2D eigenvalue weighted by Gasteiger charge is 2.23. The molecule has 0 atom stereocenters. The maximum atomic E-state index is 5.60. The molecule has 31 heavy (non-hydrogen) atoms. The molecule has 0 spiro atoms. The molecule has 0 saturated carbocycles. The van der Waals surface area contributed by atoms with Crippen LogP contribution in [0.25, 0.3) is 17.3 Å². The lowest BCUT2D eigenvalue weighted by molar-refractivity contribution is 0.391. The molecule has 162 valence electrons. The number of nitrogens with one attached hydrogen (secondary N) is 1. The van der Waals surface area contributed by atoms with E-state index < -0.39 is 0 Å². The first-order chi connectivity index (χ1) is 15.1. The van der Waals surface area contributed by atoms with E-state index in [2.05, 4.69) is 19.9 Å². The third kappa shape index (κ3) is 4.24. The zero-order valence-corrected chi connectivity index (χ0v) is 18.5. The lowest BCUT2D eigenvalue weighted by atomic mass is 10.2. The summed E-state index contributed by atoms with van der Waals surface area (Å²) in [7, 11) is 3.22. The van der Waals surface area contributed by atoms with Crippen molar-refractivity contribution in [1.82, 2.24) is 19.7 Å². The Hall–Kier alpha value is -3.40. The number of aryl methyl sites for hydroxylation is 3. The molecule has 0 fully saturated rings. The summed E-state index contributed by atoms with van der Waals surface area (Å²) in [5.41, 5.74) is 1.63. The smallest absolute Gasteiger partial charge is 0.239 e. The summed E-state index contributed by atoms with van der Waals surface area (Å²) in [5.74, 6) is 5.15. The summed E-state index contributed by atoms with van der Waals surface area (Å²) in [5, 5.41) is 8.69. The van der Waals surface area contributed by atoms with Gasteiger partial charge in [0, 0.05) is 19.1 Å². The minimum Gasteiger partial charge on any atom is -0.494 e. The molecule has 1 aromatic carbocycles. The standard InChI is InChI=1S/C21H23N5O4S/c1-13-15(22-14(2)30-13)10-12-31-25-21-24-23-20(18-9-6-11-29-18)26(21)19-16(27-3)7-5-8-17(19)28-4/h5-9,11H,10,12H2,1-4H3,(H,24,25). The van der Waals surface area contributed by atoms with E-state index in [1.54, 1.807) is 26.5 Å². The Balaban J connectivity index is 1.64. The van der Waals surface area contributed by atoms with Gasteiger partial charge in [0.1, 0.15) is 22.9 Å². The van der Waals surface area contributed by atoms with Crippen molar-refractivity contribution in [1.29, 1.82) is 0 Å². The number of benzene rings is 1. The molecule has 0 amide bonds. The zero-order chi connectivity index (χ0) is 21.8. The van der Waals surface area contributed by atoms with Crippen LogP contribution < -0.4 is 14.2 Å². The third-order valence-corrected chi connectivity index (χ3v) is 5.37. The molecule has 0 aliphatic heterocycles. The molecular weight excluding hydrogens is 418 g/mol. The van der Waals surface area contributed by atoms with E-state index >= 15 is 0 Å². The van der Waals surface area contributed by atoms with Gasteiger partial charge in [0.15, 0.2) is 11.7 Å². The lowest BCUT2D eigenvalue weighted by Gasteiger charge is -2.16. The predicted molar refractivity (Wildman–Crippen MR) is 118 cm³/mol. The summed E-state index contributed by atoms with van der Waals surface area (Å²) in [6.45, 7) is 3.77. The topological polar surface area (TPSA) is 100 Å². The largest absolute Gasteiger partial charge is 0.494 e. The number of anilines is 1. The van der Waals surface area contributed by atoms with Crippen LogP contribution in [0.5, 0.6) is 11.5 Å². The second kappa shape index (κ2) is 9.17. The van der Waals surface area contributed by atoms with Gasteiger partial charge in [0.05, 0.1) is 26.2 Å². The number of hydrogen-bond donors (Lipinski definition) is 1. The van der Waals surface area contributed by atoms with Crippen LogP contribution in [0, 0.1) is 13.8 Å². The minimum absolute atomic E-state index is 0.521. The molecule has 0 aliphatic carbocycles. The van der Waals surface area contributed by atoms with Crippen LogP contribution in [-0.2, 0) is 6.42 Å². The number of para-hydroxylation sites is 1. The number of methoxy groups -OCH3 is 2. The number of nitrogens with zero attached hydrogens (tertiary/aromatic N) is 4. The van der Waals surface area contributed by atoms with E-state index in [1.165, 1.54) is 11.9 Å². The van der Waals surface area contributed by atoms with Crippen molar-refractivity contribution >= 4 is 17.9 Å². The fraction of sp³-hybridized carbons (Fsp3) is 0.286. The SMILES string of the molecule is COc1cccc(OC)c1-n1c(NSCCc2nc(C)oc2C)nnc1-c1ccco1. The highest BCUT2D eigenvalue weighted by molar-refractivity contribution is 8.00. The normalized spacial score (nSPS) is 11.0. The van der Waals surface area contributed by atoms with Crippen LogP contribution in [0.15, 0.2) is 45.4 Å². The van der Waals surface area contributed by atoms with Crippen molar-refractivity contribution in [2.75, 3.05) is 24.7 Å². The van der Waals surface area contributed by atoms with E-state index in [4.69, 9.17) is 18.3 Å². The number of hydrogen-bond acceptors (Lipinski definition) is 9. The zero-order valence-electron chi connectivity index (χ0n) is 17.7. The molecule has 0 bridgehead atoms. The first-order valence-electron chi connectivity index (χ1n) is 9.63. The third-order valence-electron chi connectivity index (χ3n) is 4.63. The van der Waals surface area contributed by atoms with Crippen LogP contribution in [0.3, 0.4) is 0 Å². The van der Waals surface area contributed by atoms with Gasteiger partial charge in [-0.1, -0.05) is 6.07 Å². The van der Waals surface area contributed by atoms with Gasteiger partial charge in [-0.2, -0.15) is 0 Å². The number of rotatable bonds is 9. The molecule has 9 nitrogen and oxygen atoms in total. The van der Waals surface area contributed by atoms with Gasteiger partial charge < -0.3 is 18.3 Å². The molecule has 0 saturated heterocycles. The highest BCUT2D eigenvalue weighted by atomic mass is 32.2. The number of aromatic nitrogens is 4. The Morgan fingerprint density at radius 2 is 1.84 bits per heavy atom. The second-order valence-corrected chi connectivity index (χ2v) is 7.51. The van der Waals surface area contributed by atoms with Gasteiger partial charge in [-0.25, -0.2) is 4.98 Å². The van der Waals surface area contributed by atoms with Gasteiger partial charge in [-0.05, 0) is 43.1 Å². The predicted octanol–water partition coefficient (Wildman–Crippen LogP) is 4.45. The Bertz CT molecular complexity index is 1130. The maximum Gasteiger partial charge on any atom is 0.239 e. The molecule has 0 radical (unpaired) electrons. The molecule has 4 aromatic rings. The fourth-order valence-electron chi connectivity index (χ4n) is 3.25. The van der Waals surface area contributed by atoms with Gasteiger partial charge >= 0.3 is 0 Å². The van der Waals surface area contributed by atoms with E-state index in [-0.39, 0.29) is 0 Å². The van der Waals surface area contributed by atoms with Crippen LogP contribution in [0.2, 0.25) is 0 Å². The fourth-order valence-corrected chi connectivity index (χ4v) is 3.91. The number of ether oxygens (including phenoxy) is 2. The van der Waals surface area contributed by atoms with E-state index in [0.29, 0.717) is 40.6 Å². The van der Waals surface area contributed by atoms with Crippen molar-refractivity contribution in [3.8, 4) is 28.8 Å². The minimum atomic E-state index is 0.521. The highest BCUT2D eigenvalue weighted by Crippen LogP contribution is 2.38. The van der Waals surface area contributed by atoms with Crippen molar-refractivity contribution in [3.05, 3.63) is 53.9 Å². The average Bonchev–Trinajstić information content (AvgIpc) is 3.50. The van der Waals surface area contributed by atoms with Crippen molar-refractivity contribution in [3.63, 3.8) is 0 Å². The van der Waals surface area contributed by atoms with Crippen molar-refractivity contribution in [2.45, 2.75) is 20.3 Å². The van der Waals surface area contributed by atoms with E-state index in [9.17, 15) is 0 Å². The van der Waals surface area contributed by atoms with Gasteiger partial charge in [0.25, 0.3) is 0 Å². The van der Waals surface area contributed by atoms with Gasteiger partial charge in [-0.15, -0.1) is 10.2 Å². The van der Waals surface area contributed by atoms with Crippen molar-refractivity contribution < 1.29 is 18.3 Å². The monoisotopic (exact) mass is 441 g/mol. The Kier molecular flexibility index (Phi) is 6.17. The lowest BCUT2D eigenvalue weighted by Crippen LogP contribution is -2.07. The molecule has 3 aromatic heterocycles. The Morgan fingerprint density at radius 3 is 2.45 bits per heavy atom. The Morgan fingerprint density at radius 1 is 1.06 bits per heavy atom. The quantitative estimate of drug-likeness (QED) is 0.298.